The third-order valence-electron chi connectivity index (χ3n) is 4.71. The van der Waals surface area contributed by atoms with Gasteiger partial charge in [-0.15, -0.1) is 0 Å². The first-order valence-electron chi connectivity index (χ1n) is 9.72. The highest BCUT2D eigenvalue weighted by molar-refractivity contribution is 9.10. The molecule has 166 valence electrons. The van der Waals surface area contributed by atoms with E-state index in [1.54, 1.807) is 42.5 Å². The minimum atomic E-state index is -1.07. The Kier molecular flexibility index (Phi) is 6.41. The smallest absolute Gasteiger partial charge is 0.335 e. The lowest BCUT2D eigenvalue weighted by Gasteiger charge is -2.12. The zero-order valence-corrected chi connectivity index (χ0v) is 18.6. The molecule has 0 aromatic heterocycles. The number of carbonyl (C=O) groups is 3. The molecule has 1 aliphatic heterocycles. The summed E-state index contributed by atoms with van der Waals surface area (Å²) in [6, 6.07) is 17.7. The van der Waals surface area contributed by atoms with Crippen LogP contribution in [-0.4, -0.2) is 29.7 Å². The van der Waals surface area contributed by atoms with E-state index in [2.05, 4.69) is 26.6 Å². The van der Waals surface area contributed by atoms with E-state index >= 15 is 0 Å². The summed E-state index contributed by atoms with van der Waals surface area (Å²) >= 11 is 3.34. The largest absolute Gasteiger partial charge is 0.478 e. The average molecular weight is 509 g/mol. The van der Waals surface area contributed by atoms with Crippen LogP contribution >= 0.6 is 15.9 Å². The number of rotatable bonds is 6. The van der Waals surface area contributed by atoms with E-state index in [-0.39, 0.29) is 18.1 Å². The van der Waals surface area contributed by atoms with Gasteiger partial charge in [0.05, 0.1) is 11.1 Å². The molecule has 1 heterocycles. The number of fused-ring (bicyclic) bond motifs is 1. The van der Waals surface area contributed by atoms with Gasteiger partial charge in [-0.05, 0) is 76.1 Å². The van der Waals surface area contributed by atoms with Gasteiger partial charge in [0.1, 0.15) is 5.70 Å². The van der Waals surface area contributed by atoms with Crippen LogP contribution in [0.5, 0.6) is 11.5 Å². The lowest BCUT2D eigenvalue weighted by Crippen LogP contribution is -2.31. The fourth-order valence-corrected chi connectivity index (χ4v) is 3.52. The Hall–Kier alpha value is -4.11. The number of ether oxygens (including phenoxy) is 2. The fourth-order valence-electron chi connectivity index (χ4n) is 3.06. The van der Waals surface area contributed by atoms with E-state index in [9.17, 15) is 14.4 Å². The number of carboxylic acid groups (broad SMARTS) is 1. The SMILES string of the molecule is O=C(Nc1ccc(C(=O)O)cc1)C(=Cc1ccc2c(c1)OCO2)NC(=O)c1ccccc1Br. The van der Waals surface area contributed by atoms with Crippen molar-refractivity contribution in [2.75, 3.05) is 12.1 Å². The standard InChI is InChI=1S/C24H17BrN2O6/c25-18-4-2-1-3-17(18)22(28)27-19(11-14-5-10-20-21(12-14)33-13-32-20)23(29)26-16-8-6-15(7-9-16)24(30)31/h1-12H,13H2,(H,26,29)(H,27,28)(H,30,31). The zero-order valence-electron chi connectivity index (χ0n) is 17.0. The van der Waals surface area contributed by atoms with Crippen LogP contribution in [0, 0.1) is 0 Å². The van der Waals surface area contributed by atoms with Crippen LogP contribution in [0.15, 0.2) is 76.9 Å². The number of halogens is 1. The van der Waals surface area contributed by atoms with Crippen LogP contribution in [0.25, 0.3) is 6.08 Å². The van der Waals surface area contributed by atoms with E-state index in [1.165, 1.54) is 30.3 Å². The molecule has 0 radical (unpaired) electrons. The molecule has 3 aromatic carbocycles. The molecular weight excluding hydrogens is 492 g/mol. The van der Waals surface area contributed by atoms with Gasteiger partial charge in [0.25, 0.3) is 11.8 Å². The summed E-state index contributed by atoms with van der Waals surface area (Å²) in [5, 5.41) is 14.4. The van der Waals surface area contributed by atoms with Crippen LogP contribution in [0.2, 0.25) is 0 Å². The molecule has 33 heavy (non-hydrogen) atoms. The molecule has 0 fully saturated rings. The van der Waals surface area contributed by atoms with Crippen LogP contribution in [0.1, 0.15) is 26.3 Å². The van der Waals surface area contributed by atoms with E-state index in [0.717, 1.165) is 0 Å². The minimum absolute atomic E-state index is 0.0167. The van der Waals surface area contributed by atoms with Crippen molar-refractivity contribution < 1.29 is 29.0 Å². The molecule has 0 atom stereocenters. The number of hydrogen-bond acceptors (Lipinski definition) is 5. The summed E-state index contributed by atoms with van der Waals surface area (Å²) in [7, 11) is 0. The maximum atomic E-state index is 13.0. The Labute approximate surface area is 197 Å². The minimum Gasteiger partial charge on any atom is -0.478 e. The monoisotopic (exact) mass is 508 g/mol. The highest BCUT2D eigenvalue weighted by Gasteiger charge is 2.18. The molecule has 9 heteroatoms. The van der Waals surface area contributed by atoms with Crippen molar-refractivity contribution in [1.29, 1.82) is 0 Å². The molecule has 3 N–H and O–H groups in total. The number of nitrogens with one attached hydrogen (secondary N) is 2. The molecule has 0 unspecified atom stereocenters. The Balaban J connectivity index is 1.62. The maximum absolute atomic E-state index is 13.0. The van der Waals surface area contributed by atoms with Crippen LogP contribution in [0.3, 0.4) is 0 Å². The fraction of sp³-hybridized carbons (Fsp3) is 0.0417. The van der Waals surface area contributed by atoms with Gasteiger partial charge in [0, 0.05) is 10.2 Å². The maximum Gasteiger partial charge on any atom is 0.335 e. The summed E-state index contributed by atoms with van der Waals surface area (Å²) < 4.78 is 11.3. The summed E-state index contributed by atoms with van der Waals surface area (Å²) in [6.45, 7) is 0.112. The van der Waals surface area contributed by atoms with Gasteiger partial charge in [0.2, 0.25) is 6.79 Å². The van der Waals surface area contributed by atoms with Crippen molar-refractivity contribution in [3.05, 3.63) is 93.6 Å². The van der Waals surface area contributed by atoms with Gasteiger partial charge < -0.3 is 25.2 Å². The lowest BCUT2D eigenvalue weighted by atomic mass is 10.1. The van der Waals surface area contributed by atoms with Crippen LogP contribution < -0.4 is 20.1 Å². The summed E-state index contributed by atoms with van der Waals surface area (Å²) in [4.78, 5) is 36.9. The highest BCUT2D eigenvalue weighted by Crippen LogP contribution is 2.33. The second-order valence-electron chi connectivity index (χ2n) is 6.94. The van der Waals surface area contributed by atoms with Gasteiger partial charge >= 0.3 is 5.97 Å². The molecule has 0 saturated heterocycles. The normalized spacial score (nSPS) is 12.2. The van der Waals surface area contributed by atoms with Gasteiger partial charge in [-0.25, -0.2) is 4.79 Å². The summed E-state index contributed by atoms with van der Waals surface area (Å²) in [5.41, 5.74) is 1.41. The van der Waals surface area contributed by atoms with Crippen molar-refractivity contribution in [2.24, 2.45) is 0 Å². The van der Waals surface area contributed by atoms with Crippen molar-refractivity contribution >= 4 is 45.5 Å². The van der Waals surface area contributed by atoms with E-state index in [4.69, 9.17) is 14.6 Å². The first-order chi connectivity index (χ1) is 15.9. The predicted molar refractivity (Wildman–Crippen MR) is 124 cm³/mol. The van der Waals surface area contributed by atoms with Gasteiger partial charge in [-0.1, -0.05) is 18.2 Å². The molecule has 1 aliphatic rings. The number of aromatic carboxylic acids is 1. The third-order valence-corrected chi connectivity index (χ3v) is 5.40. The van der Waals surface area contributed by atoms with Crippen LogP contribution in [0.4, 0.5) is 5.69 Å². The Bertz CT molecular complexity index is 1270. The Morgan fingerprint density at radius 2 is 1.67 bits per heavy atom. The summed E-state index contributed by atoms with van der Waals surface area (Å²) in [6.07, 6.45) is 1.51. The lowest BCUT2D eigenvalue weighted by molar-refractivity contribution is -0.113. The molecular formula is C24H17BrN2O6. The molecule has 4 rings (SSSR count). The summed E-state index contributed by atoms with van der Waals surface area (Å²) in [5.74, 6) is -1.02. The van der Waals surface area contributed by atoms with Gasteiger partial charge in [0.15, 0.2) is 11.5 Å². The number of carboxylic acids is 1. The number of carbonyl (C=O) groups excluding carboxylic acids is 2. The first-order valence-corrected chi connectivity index (χ1v) is 10.5. The molecule has 0 aliphatic carbocycles. The average Bonchev–Trinajstić information content (AvgIpc) is 3.27. The Morgan fingerprint density at radius 3 is 2.39 bits per heavy atom. The predicted octanol–water partition coefficient (Wildman–Crippen LogP) is 4.29. The zero-order chi connectivity index (χ0) is 23.4. The highest BCUT2D eigenvalue weighted by atomic mass is 79.9. The van der Waals surface area contributed by atoms with Gasteiger partial charge in [-0.2, -0.15) is 0 Å². The molecule has 0 bridgehead atoms. The topological polar surface area (TPSA) is 114 Å². The van der Waals surface area contributed by atoms with Crippen molar-refractivity contribution in [1.82, 2.24) is 5.32 Å². The quantitative estimate of drug-likeness (QED) is 0.428. The second-order valence-corrected chi connectivity index (χ2v) is 7.80. The van der Waals surface area contributed by atoms with E-state index in [1.807, 2.05) is 0 Å². The Morgan fingerprint density at radius 1 is 0.939 bits per heavy atom. The number of benzene rings is 3. The molecule has 0 spiro atoms. The van der Waals surface area contributed by atoms with Crippen molar-refractivity contribution in [3.63, 3.8) is 0 Å². The van der Waals surface area contributed by atoms with Crippen molar-refractivity contribution in [3.8, 4) is 11.5 Å². The van der Waals surface area contributed by atoms with Crippen molar-refractivity contribution in [2.45, 2.75) is 0 Å². The third kappa shape index (κ3) is 5.21. The van der Waals surface area contributed by atoms with Crippen LogP contribution in [-0.2, 0) is 4.79 Å². The van der Waals surface area contributed by atoms with E-state index in [0.29, 0.717) is 32.8 Å². The number of amides is 2. The molecule has 8 nitrogen and oxygen atoms in total. The first kappa shape index (κ1) is 22.1. The molecule has 2 amide bonds. The molecule has 0 saturated carbocycles. The van der Waals surface area contributed by atoms with E-state index < -0.39 is 17.8 Å². The second kappa shape index (κ2) is 9.58. The molecule has 3 aromatic rings. The van der Waals surface area contributed by atoms with Gasteiger partial charge in [-0.3, -0.25) is 9.59 Å². The number of hydrogen-bond donors (Lipinski definition) is 3. The number of anilines is 1.